The van der Waals surface area contributed by atoms with Gasteiger partial charge in [0.2, 0.25) is 11.8 Å². The summed E-state index contributed by atoms with van der Waals surface area (Å²) in [5.74, 6) is -1.91. The van der Waals surface area contributed by atoms with Crippen LogP contribution >= 0.6 is 0 Å². The Morgan fingerprint density at radius 1 is 1.29 bits per heavy atom. The maximum Gasteiger partial charge on any atom is 0.323 e. The van der Waals surface area contributed by atoms with Crippen molar-refractivity contribution in [3.63, 3.8) is 0 Å². The molecule has 3 amide bonds. The minimum absolute atomic E-state index is 0.0937. The number of benzene rings is 1. The third kappa shape index (κ3) is 5.78. The number of amides is 3. The zero-order chi connectivity index (χ0) is 20.8. The van der Waals surface area contributed by atoms with Crippen LogP contribution in [0.4, 0.5) is 5.69 Å². The first-order valence-corrected chi connectivity index (χ1v) is 8.93. The van der Waals surface area contributed by atoms with Crippen LogP contribution in [0.3, 0.4) is 0 Å². The highest BCUT2D eigenvalue weighted by atomic mass is 16.5. The Bertz CT molecular complexity index is 779. The van der Waals surface area contributed by atoms with Crippen molar-refractivity contribution in [2.75, 3.05) is 38.1 Å². The van der Waals surface area contributed by atoms with Gasteiger partial charge in [-0.15, -0.1) is 0 Å². The van der Waals surface area contributed by atoms with Gasteiger partial charge in [-0.2, -0.15) is 0 Å². The molecule has 1 heterocycles. The molecular weight excluding hydrogens is 366 g/mol. The Morgan fingerprint density at radius 3 is 2.61 bits per heavy atom. The Kier molecular flexibility index (Phi) is 7.11. The van der Waals surface area contributed by atoms with Crippen LogP contribution < -0.4 is 5.32 Å². The van der Waals surface area contributed by atoms with Crippen LogP contribution in [0.2, 0.25) is 0 Å². The summed E-state index contributed by atoms with van der Waals surface area (Å²) in [7, 11) is 0. The highest BCUT2D eigenvalue weighted by Crippen LogP contribution is 2.19. The van der Waals surface area contributed by atoms with E-state index in [0.717, 1.165) is 5.56 Å². The number of rotatable bonds is 6. The van der Waals surface area contributed by atoms with Crippen molar-refractivity contribution in [3.05, 3.63) is 29.3 Å². The second-order valence-electron chi connectivity index (χ2n) is 6.75. The first-order chi connectivity index (χ1) is 13.2. The van der Waals surface area contributed by atoms with Crippen LogP contribution in [0, 0.1) is 6.92 Å². The molecule has 152 valence electrons. The lowest BCUT2D eigenvalue weighted by molar-refractivity contribution is -0.145. The molecule has 0 aromatic heterocycles. The number of carbonyl (C=O) groups excluding carboxylic acids is 3. The number of hydrogen-bond acceptors (Lipinski definition) is 5. The molecule has 0 radical (unpaired) electrons. The molecule has 0 saturated carbocycles. The number of nitrogens with one attached hydrogen (secondary N) is 1. The van der Waals surface area contributed by atoms with Crippen LogP contribution in [0.1, 0.15) is 29.8 Å². The lowest BCUT2D eigenvalue weighted by Crippen LogP contribution is -2.51. The number of anilines is 1. The Balaban J connectivity index is 2.09. The van der Waals surface area contributed by atoms with E-state index in [1.165, 1.54) is 18.7 Å². The van der Waals surface area contributed by atoms with Gasteiger partial charge in [0.15, 0.2) is 0 Å². The van der Waals surface area contributed by atoms with E-state index in [1.54, 1.807) is 23.1 Å². The third-order valence-electron chi connectivity index (χ3n) is 4.42. The van der Waals surface area contributed by atoms with Gasteiger partial charge in [-0.05, 0) is 24.6 Å². The lowest BCUT2D eigenvalue weighted by Gasteiger charge is -2.35. The van der Waals surface area contributed by atoms with Crippen molar-refractivity contribution in [2.24, 2.45) is 0 Å². The van der Waals surface area contributed by atoms with Gasteiger partial charge in [0.25, 0.3) is 5.91 Å². The topological polar surface area (TPSA) is 116 Å². The van der Waals surface area contributed by atoms with Gasteiger partial charge in [-0.3, -0.25) is 19.2 Å². The van der Waals surface area contributed by atoms with Crippen LogP contribution in [-0.4, -0.2) is 77.5 Å². The van der Waals surface area contributed by atoms with Crippen molar-refractivity contribution >= 4 is 29.4 Å². The number of carboxylic acids is 1. The quantitative estimate of drug-likeness (QED) is 0.738. The van der Waals surface area contributed by atoms with Crippen molar-refractivity contribution in [1.29, 1.82) is 0 Å². The van der Waals surface area contributed by atoms with Gasteiger partial charge in [0.05, 0.1) is 12.7 Å². The fraction of sp³-hybridized carbons (Fsp3) is 0.474. The molecule has 1 aliphatic rings. The second kappa shape index (κ2) is 9.32. The maximum absolute atomic E-state index is 12.9. The summed E-state index contributed by atoms with van der Waals surface area (Å²) in [4.78, 5) is 49.6. The zero-order valence-corrected chi connectivity index (χ0v) is 16.2. The standard InChI is InChI=1S/C19H25N3O6/c1-12-4-5-15(8-17(12)20-13(2)23)19(27)21-6-7-28-16(9-21)10-22(14(3)24)11-18(25)26/h4-5,8,16H,6-7,9-11H2,1-3H3,(H,20,23)(H,25,26). The zero-order valence-electron chi connectivity index (χ0n) is 16.2. The van der Waals surface area contributed by atoms with Crippen LogP contribution in [-0.2, 0) is 19.1 Å². The summed E-state index contributed by atoms with van der Waals surface area (Å²) in [5.41, 5.74) is 1.86. The molecule has 0 aliphatic carbocycles. The van der Waals surface area contributed by atoms with E-state index in [-0.39, 0.29) is 30.8 Å². The maximum atomic E-state index is 12.9. The molecule has 0 spiro atoms. The van der Waals surface area contributed by atoms with Crippen molar-refractivity contribution in [1.82, 2.24) is 9.80 Å². The Morgan fingerprint density at radius 2 is 2.00 bits per heavy atom. The molecule has 1 aliphatic heterocycles. The molecule has 1 fully saturated rings. The highest BCUT2D eigenvalue weighted by Gasteiger charge is 2.28. The number of morpholine rings is 1. The van der Waals surface area contributed by atoms with Crippen LogP contribution in [0.25, 0.3) is 0 Å². The van der Waals surface area contributed by atoms with Gasteiger partial charge in [0, 0.05) is 44.7 Å². The molecule has 0 bridgehead atoms. The van der Waals surface area contributed by atoms with Gasteiger partial charge in [-0.25, -0.2) is 0 Å². The molecule has 2 rings (SSSR count). The molecule has 1 aromatic carbocycles. The van der Waals surface area contributed by atoms with Crippen molar-refractivity contribution < 1.29 is 29.0 Å². The molecule has 1 unspecified atom stereocenters. The SMILES string of the molecule is CC(=O)Nc1cc(C(=O)N2CCOC(CN(CC(=O)O)C(C)=O)C2)ccc1C. The van der Waals surface area contributed by atoms with E-state index in [2.05, 4.69) is 5.32 Å². The number of aliphatic carboxylic acids is 1. The summed E-state index contributed by atoms with van der Waals surface area (Å²) in [6.07, 6.45) is -0.471. The molecule has 1 aromatic rings. The largest absolute Gasteiger partial charge is 0.480 e. The average molecular weight is 391 g/mol. The molecule has 28 heavy (non-hydrogen) atoms. The van der Waals surface area contributed by atoms with Gasteiger partial charge < -0.3 is 25.0 Å². The molecule has 1 atom stereocenters. The fourth-order valence-corrected chi connectivity index (χ4v) is 2.99. The normalized spacial score (nSPS) is 16.4. The number of carbonyl (C=O) groups is 4. The van der Waals surface area contributed by atoms with Crippen molar-refractivity contribution in [2.45, 2.75) is 26.9 Å². The minimum Gasteiger partial charge on any atom is -0.480 e. The predicted molar refractivity (Wildman–Crippen MR) is 101 cm³/mol. The monoisotopic (exact) mass is 391 g/mol. The molecule has 9 nitrogen and oxygen atoms in total. The average Bonchev–Trinajstić information content (AvgIpc) is 2.62. The van der Waals surface area contributed by atoms with E-state index < -0.39 is 18.6 Å². The fourth-order valence-electron chi connectivity index (χ4n) is 2.99. The first kappa shape index (κ1) is 21.4. The van der Waals surface area contributed by atoms with E-state index in [9.17, 15) is 19.2 Å². The lowest BCUT2D eigenvalue weighted by atomic mass is 10.1. The smallest absolute Gasteiger partial charge is 0.323 e. The summed E-state index contributed by atoms with van der Waals surface area (Å²) >= 11 is 0. The Labute approximate surface area is 163 Å². The van der Waals surface area contributed by atoms with Gasteiger partial charge in [-0.1, -0.05) is 6.07 Å². The Hall–Kier alpha value is -2.94. The molecule has 1 saturated heterocycles. The van der Waals surface area contributed by atoms with Gasteiger partial charge in [0.1, 0.15) is 6.54 Å². The summed E-state index contributed by atoms with van der Waals surface area (Å²) in [6, 6.07) is 5.09. The molecule has 9 heteroatoms. The number of ether oxygens (including phenoxy) is 1. The van der Waals surface area contributed by atoms with Crippen molar-refractivity contribution in [3.8, 4) is 0 Å². The summed E-state index contributed by atoms with van der Waals surface area (Å²) < 4.78 is 5.61. The van der Waals surface area contributed by atoms with E-state index >= 15 is 0 Å². The first-order valence-electron chi connectivity index (χ1n) is 8.93. The predicted octanol–water partition coefficient (Wildman–Crippen LogP) is 0.728. The number of carboxylic acid groups (broad SMARTS) is 1. The number of aryl methyl sites for hydroxylation is 1. The third-order valence-corrected chi connectivity index (χ3v) is 4.42. The van der Waals surface area contributed by atoms with E-state index in [0.29, 0.717) is 24.4 Å². The number of hydrogen-bond donors (Lipinski definition) is 2. The summed E-state index contributed by atoms with van der Waals surface area (Å²) in [6.45, 7) is 5.13. The number of nitrogens with zero attached hydrogens (tertiary/aromatic N) is 2. The molecular formula is C19H25N3O6. The summed E-state index contributed by atoms with van der Waals surface area (Å²) in [5, 5.41) is 11.6. The van der Waals surface area contributed by atoms with E-state index in [4.69, 9.17) is 9.84 Å². The molecule has 2 N–H and O–H groups in total. The second-order valence-corrected chi connectivity index (χ2v) is 6.75. The van der Waals surface area contributed by atoms with E-state index in [1.807, 2.05) is 6.92 Å². The highest BCUT2D eigenvalue weighted by molar-refractivity contribution is 5.97. The van der Waals surface area contributed by atoms with Crippen LogP contribution in [0.5, 0.6) is 0 Å². The van der Waals surface area contributed by atoms with Crippen LogP contribution in [0.15, 0.2) is 18.2 Å². The minimum atomic E-state index is -1.11. The van der Waals surface area contributed by atoms with Gasteiger partial charge >= 0.3 is 5.97 Å².